The van der Waals surface area contributed by atoms with Crippen molar-refractivity contribution in [2.75, 3.05) is 5.32 Å². The average Bonchev–Trinajstić information content (AvgIpc) is 3.06. The third-order valence-electron chi connectivity index (χ3n) is 4.92. The van der Waals surface area contributed by atoms with Gasteiger partial charge in [-0.15, -0.1) is 0 Å². The summed E-state index contributed by atoms with van der Waals surface area (Å²) in [6, 6.07) is 16.6. The largest absolute Gasteiger partial charge is 0.449 e. The molecular weight excluding hydrogens is 440 g/mol. The second-order valence-corrected chi connectivity index (χ2v) is 7.85. The highest BCUT2D eigenvalue weighted by Crippen LogP contribution is 2.22. The number of hydrogen-bond acceptors (Lipinski definition) is 5. The van der Waals surface area contributed by atoms with Crippen LogP contribution in [0.1, 0.15) is 34.9 Å². The maximum Gasteiger partial charge on any atom is 0.331 e. The van der Waals surface area contributed by atoms with Gasteiger partial charge in [-0.05, 0) is 44.5 Å². The van der Waals surface area contributed by atoms with Crippen LogP contribution in [0.4, 0.5) is 5.69 Å². The Morgan fingerprint density at radius 3 is 2.61 bits per heavy atom. The number of aryl methyl sites for hydroxylation is 2. The molecule has 3 rings (SSSR count). The molecule has 0 spiro atoms. The Morgan fingerprint density at radius 2 is 1.91 bits per heavy atom. The van der Waals surface area contributed by atoms with Crippen LogP contribution in [0.15, 0.2) is 54.6 Å². The Morgan fingerprint density at radius 1 is 1.21 bits per heavy atom. The summed E-state index contributed by atoms with van der Waals surface area (Å²) in [4.78, 5) is 24.6. The van der Waals surface area contributed by atoms with Gasteiger partial charge in [0.1, 0.15) is 11.2 Å². The van der Waals surface area contributed by atoms with Crippen molar-refractivity contribution in [3.63, 3.8) is 0 Å². The molecule has 168 valence electrons. The quantitative estimate of drug-likeness (QED) is 0.407. The minimum atomic E-state index is -1.06. The molecule has 7 nitrogen and oxygen atoms in total. The number of carbonyl (C=O) groups excluding carboxylic acids is 2. The van der Waals surface area contributed by atoms with Crippen molar-refractivity contribution in [3.8, 4) is 6.07 Å². The number of para-hydroxylation sites is 1. The molecule has 8 heteroatoms. The standard InChI is InChI=1S/C25H23ClN4O3/c1-16-8-10-19(11-9-16)15-30-24(26)21(17(2)29-30)12-13-23(31)33-18(3)25(32)28-22-7-5-4-6-20(22)14-27/h4-13,18H,15H2,1-3H3,(H,28,32)/b13-12+. The predicted molar refractivity (Wildman–Crippen MR) is 127 cm³/mol. The van der Waals surface area contributed by atoms with Crippen LogP contribution in [0, 0.1) is 25.2 Å². The summed E-state index contributed by atoms with van der Waals surface area (Å²) >= 11 is 6.48. The first-order chi connectivity index (χ1) is 15.8. The second-order valence-electron chi connectivity index (χ2n) is 7.49. The molecule has 1 aromatic heterocycles. The van der Waals surface area contributed by atoms with E-state index < -0.39 is 18.0 Å². The van der Waals surface area contributed by atoms with Crippen LogP contribution < -0.4 is 5.32 Å². The van der Waals surface area contributed by atoms with Crippen molar-refractivity contribution in [2.45, 2.75) is 33.4 Å². The highest BCUT2D eigenvalue weighted by molar-refractivity contribution is 6.31. The molecule has 0 aliphatic heterocycles. The summed E-state index contributed by atoms with van der Waals surface area (Å²) in [6.45, 7) is 5.77. The summed E-state index contributed by atoms with van der Waals surface area (Å²) in [7, 11) is 0. The monoisotopic (exact) mass is 462 g/mol. The molecule has 0 saturated heterocycles. The van der Waals surface area contributed by atoms with Crippen LogP contribution in [0.25, 0.3) is 6.08 Å². The van der Waals surface area contributed by atoms with Gasteiger partial charge in [0, 0.05) is 11.6 Å². The Kier molecular flexibility index (Phi) is 7.65. The first-order valence-corrected chi connectivity index (χ1v) is 10.6. The number of amides is 1. The van der Waals surface area contributed by atoms with Crippen LogP contribution in [0.3, 0.4) is 0 Å². The van der Waals surface area contributed by atoms with E-state index in [1.807, 2.05) is 37.3 Å². The zero-order chi connectivity index (χ0) is 24.0. The highest BCUT2D eigenvalue weighted by Gasteiger charge is 2.18. The lowest BCUT2D eigenvalue weighted by molar-refractivity contribution is -0.148. The number of nitrogens with zero attached hydrogens (tertiary/aromatic N) is 3. The summed E-state index contributed by atoms with van der Waals surface area (Å²) in [5.74, 6) is -1.24. The van der Waals surface area contributed by atoms with E-state index in [1.54, 1.807) is 35.9 Å². The number of hydrogen-bond donors (Lipinski definition) is 1. The molecule has 1 N–H and O–H groups in total. The van der Waals surface area contributed by atoms with E-state index >= 15 is 0 Å². The highest BCUT2D eigenvalue weighted by atomic mass is 35.5. The number of anilines is 1. The molecule has 2 aromatic carbocycles. The van der Waals surface area contributed by atoms with Gasteiger partial charge in [0.25, 0.3) is 5.91 Å². The van der Waals surface area contributed by atoms with E-state index in [0.29, 0.717) is 34.2 Å². The molecule has 0 aliphatic rings. The molecule has 0 bridgehead atoms. The minimum absolute atomic E-state index is 0.317. The van der Waals surface area contributed by atoms with E-state index in [9.17, 15) is 9.59 Å². The number of carbonyl (C=O) groups is 2. The molecule has 33 heavy (non-hydrogen) atoms. The molecule has 0 aliphatic carbocycles. The van der Waals surface area contributed by atoms with Crippen molar-refractivity contribution in [1.82, 2.24) is 9.78 Å². The Hall–Kier alpha value is -3.89. The van der Waals surface area contributed by atoms with E-state index in [2.05, 4.69) is 10.4 Å². The Labute approximate surface area is 197 Å². The zero-order valence-electron chi connectivity index (χ0n) is 18.5. The van der Waals surface area contributed by atoms with Crippen LogP contribution in [-0.2, 0) is 20.9 Å². The second kappa shape index (κ2) is 10.6. The molecule has 1 heterocycles. The molecular formula is C25H23ClN4O3. The fraction of sp³-hybridized carbons (Fsp3) is 0.200. The summed E-state index contributed by atoms with van der Waals surface area (Å²) in [5, 5.41) is 16.6. The van der Waals surface area contributed by atoms with Gasteiger partial charge < -0.3 is 10.1 Å². The van der Waals surface area contributed by atoms with Crippen molar-refractivity contribution < 1.29 is 14.3 Å². The van der Waals surface area contributed by atoms with Crippen LogP contribution in [0.5, 0.6) is 0 Å². The van der Waals surface area contributed by atoms with Crippen LogP contribution in [-0.4, -0.2) is 27.8 Å². The number of nitrogens with one attached hydrogen (secondary N) is 1. The van der Waals surface area contributed by atoms with Gasteiger partial charge in [-0.2, -0.15) is 10.4 Å². The van der Waals surface area contributed by atoms with Gasteiger partial charge in [0.15, 0.2) is 6.10 Å². The number of ether oxygens (including phenoxy) is 1. The lowest BCUT2D eigenvalue weighted by Crippen LogP contribution is -2.29. The van der Waals surface area contributed by atoms with Crippen molar-refractivity contribution in [2.24, 2.45) is 0 Å². The third kappa shape index (κ3) is 6.09. The maximum absolute atomic E-state index is 12.3. The van der Waals surface area contributed by atoms with Gasteiger partial charge in [0.2, 0.25) is 0 Å². The third-order valence-corrected chi connectivity index (χ3v) is 5.31. The first-order valence-electron chi connectivity index (χ1n) is 10.3. The number of benzene rings is 2. The SMILES string of the molecule is Cc1ccc(Cn2nc(C)c(/C=C/C(=O)OC(C)C(=O)Nc3ccccc3C#N)c2Cl)cc1. The van der Waals surface area contributed by atoms with Gasteiger partial charge in [-0.3, -0.25) is 4.79 Å². The van der Waals surface area contributed by atoms with Gasteiger partial charge >= 0.3 is 5.97 Å². The predicted octanol–water partition coefficient (Wildman–Crippen LogP) is 4.66. The van der Waals surface area contributed by atoms with Gasteiger partial charge in [0.05, 0.1) is 23.5 Å². The van der Waals surface area contributed by atoms with Crippen molar-refractivity contribution in [1.29, 1.82) is 5.26 Å². The molecule has 3 aromatic rings. The number of rotatable bonds is 7. The van der Waals surface area contributed by atoms with Crippen molar-refractivity contribution in [3.05, 3.63) is 87.7 Å². The van der Waals surface area contributed by atoms with Crippen molar-refractivity contribution >= 4 is 35.2 Å². The topological polar surface area (TPSA) is 97.0 Å². The molecule has 1 unspecified atom stereocenters. The molecule has 1 atom stereocenters. The fourth-order valence-electron chi connectivity index (χ4n) is 3.07. The zero-order valence-corrected chi connectivity index (χ0v) is 19.3. The molecule has 0 saturated carbocycles. The minimum Gasteiger partial charge on any atom is -0.449 e. The van der Waals surface area contributed by atoms with Gasteiger partial charge in [-0.1, -0.05) is 53.6 Å². The number of halogens is 1. The lowest BCUT2D eigenvalue weighted by Gasteiger charge is -2.13. The maximum atomic E-state index is 12.3. The van der Waals surface area contributed by atoms with E-state index in [1.165, 1.54) is 24.6 Å². The number of esters is 1. The van der Waals surface area contributed by atoms with E-state index in [-0.39, 0.29) is 0 Å². The van der Waals surface area contributed by atoms with Crippen LogP contribution in [0.2, 0.25) is 5.15 Å². The molecule has 1 amide bonds. The Balaban J connectivity index is 1.63. The lowest BCUT2D eigenvalue weighted by atomic mass is 10.1. The van der Waals surface area contributed by atoms with Gasteiger partial charge in [-0.25, -0.2) is 9.48 Å². The summed E-state index contributed by atoms with van der Waals surface area (Å²) in [5.41, 5.74) is 4.15. The first kappa shape index (κ1) is 23.8. The van der Waals surface area contributed by atoms with Crippen LogP contribution >= 0.6 is 11.6 Å². The summed E-state index contributed by atoms with van der Waals surface area (Å²) in [6.07, 6.45) is 1.67. The normalized spacial score (nSPS) is 11.7. The molecule has 0 fully saturated rings. The van der Waals surface area contributed by atoms with E-state index in [0.717, 1.165) is 5.56 Å². The number of aromatic nitrogens is 2. The average molecular weight is 463 g/mol. The fourth-order valence-corrected chi connectivity index (χ4v) is 3.37. The Bertz CT molecular complexity index is 1240. The van der Waals surface area contributed by atoms with E-state index in [4.69, 9.17) is 21.6 Å². The number of nitriles is 1. The summed E-state index contributed by atoms with van der Waals surface area (Å²) < 4.78 is 6.84. The smallest absolute Gasteiger partial charge is 0.331 e. The molecule has 0 radical (unpaired) electrons.